The molecule has 0 aromatic carbocycles. The number of rotatable bonds is 8. The Hall–Kier alpha value is -1.34. The molecule has 28 heavy (non-hydrogen) atoms. The van der Waals surface area contributed by atoms with E-state index >= 15 is 0 Å². The Morgan fingerprint density at radius 2 is 1.68 bits per heavy atom. The van der Waals surface area contributed by atoms with Crippen LogP contribution in [-0.4, -0.2) is 52.6 Å². The Morgan fingerprint density at radius 1 is 1.11 bits per heavy atom. The van der Waals surface area contributed by atoms with E-state index in [-0.39, 0.29) is 12.3 Å². The van der Waals surface area contributed by atoms with Crippen LogP contribution < -0.4 is 10.6 Å². The van der Waals surface area contributed by atoms with E-state index in [9.17, 15) is 19.8 Å². The van der Waals surface area contributed by atoms with Crippen LogP contribution in [0.5, 0.6) is 0 Å². The summed E-state index contributed by atoms with van der Waals surface area (Å²) in [6.45, 7) is 8.47. The van der Waals surface area contributed by atoms with Crippen molar-refractivity contribution in [3.8, 4) is 0 Å². The maximum Gasteiger partial charge on any atom is 0.407 e. The first-order chi connectivity index (χ1) is 12.8. The van der Waals surface area contributed by atoms with E-state index in [2.05, 4.69) is 10.6 Å². The van der Waals surface area contributed by atoms with Gasteiger partial charge in [-0.25, -0.2) is 4.79 Å². The second-order valence-corrected chi connectivity index (χ2v) is 9.62. The molecule has 164 valence electrons. The predicted molar refractivity (Wildman–Crippen MR) is 109 cm³/mol. The number of alkyl carbamates (subject to hydrolysis) is 1. The maximum atomic E-state index is 12.3. The molecule has 0 unspecified atom stereocenters. The molecule has 1 saturated carbocycles. The molecule has 7 heteroatoms. The highest BCUT2D eigenvalue weighted by molar-refractivity contribution is 5.79. The first kappa shape index (κ1) is 24.7. The van der Waals surface area contributed by atoms with Crippen LogP contribution in [-0.2, 0) is 9.53 Å². The second-order valence-electron chi connectivity index (χ2n) is 9.62. The van der Waals surface area contributed by atoms with Crippen molar-refractivity contribution in [3.63, 3.8) is 0 Å². The number of hydrogen-bond donors (Lipinski definition) is 4. The van der Waals surface area contributed by atoms with E-state index in [0.717, 1.165) is 25.7 Å². The molecule has 4 N–H and O–H groups in total. The highest BCUT2D eigenvalue weighted by atomic mass is 16.6. The SMILES string of the molecule is CNC(=O)[C@@H](C[C@H](O)[C@H](CC1CCCCC1)NC(=O)OC(C)(C)C)C(C)(C)O. The van der Waals surface area contributed by atoms with Crippen molar-refractivity contribution in [3.05, 3.63) is 0 Å². The van der Waals surface area contributed by atoms with Crippen molar-refractivity contribution in [2.24, 2.45) is 11.8 Å². The average Bonchev–Trinajstić information content (AvgIpc) is 2.56. The summed E-state index contributed by atoms with van der Waals surface area (Å²) in [5.41, 5.74) is -1.93. The average molecular weight is 401 g/mol. The summed E-state index contributed by atoms with van der Waals surface area (Å²) in [5, 5.41) is 26.6. The minimum atomic E-state index is -1.29. The standard InChI is InChI=1S/C21H40N2O5/c1-20(2,3)28-19(26)23-16(12-14-10-8-7-9-11-14)17(24)13-15(18(25)22-6)21(4,5)27/h14-17,24,27H,7-13H2,1-6H3,(H,22,25)(H,23,26)/t15-,16+,17+/m1/s1. The van der Waals surface area contributed by atoms with Crippen LogP contribution in [0.4, 0.5) is 4.79 Å². The first-order valence-electron chi connectivity index (χ1n) is 10.4. The summed E-state index contributed by atoms with van der Waals surface area (Å²) in [4.78, 5) is 24.5. The summed E-state index contributed by atoms with van der Waals surface area (Å²) in [7, 11) is 1.51. The highest BCUT2D eigenvalue weighted by Gasteiger charge is 2.37. The number of amides is 2. The van der Waals surface area contributed by atoms with Crippen LogP contribution in [0.15, 0.2) is 0 Å². The third kappa shape index (κ3) is 8.78. The van der Waals surface area contributed by atoms with Gasteiger partial charge in [-0.15, -0.1) is 0 Å². The molecule has 0 aliphatic heterocycles. The molecule has 0 saturated heterocycles. The summed E-state index contributed by atoms with van der Waals surface area (Å²) in [5.74, 6) is -0.703. The number of carbonyl (C=O) groups is 2. The number of hydrogen-bond acceptors (Lipinski definition) is 5. The quantitative estimate of drug-likeness (QED) is 0.501. The number of carbonyl (C=O) groups excluding carboxylic acids is 2. The van der Waals surface area contributed by atoms with E-state index in [1.807, 2.05) is 0 Å². The normalized spacial score (nSPS) is 19.4. The van der Waals surface area contributed by atoms with Gasteiger partial charge in [0.05, 0.1) is 23.7 Å². The van der Waals surface area contributed by atoms with Gasteiger partial charge >= 0.3 is 6.09 Å². The molecule has 0 spiro atoms. The molecular weight excluding hydrogens is 360 g/mol. The Labute approximate surface area is 169 Å². The molecule has 0 heterocycles. The van der Waals surface area contributed by atoms with Gasteiger partial charge in [0.2, 0.25) is 5.91 Å². The van der Waals surface area contributed by atoms with Crippen LogP contribution in [0, 0.1) is 11.8 Å². The third-order valence-electron chi connectivity index (χ3n) is 5.37. The highest BCUT2D eigenvalue weighted by Crippen LogP contribution is 2.30. The van der Waals surface area contributed by atoms with Crippen molar-refractivity contribution in [2.75, 3.05) is 7.05 Å². The van der Waals surface area contributed by atoms with Gasteiger partial charge in [-0.2, -0.15) is 0 Å². The Bertz CT molecular complexity index is 504. The van der Waals surface area contributed by atoms with Gasteiger partial charge in [0.1, 0.15) is 5.60 Å². The molecule has 1 rings (SSSR count). The number of nitrogens with one attached hydrogen (secondary N) is 2. The number of aliphatic hydroxyl groups is 2. The molecule has 2 amide bonds. The second kappa shape index (κ2) is 10.4. The van der Waals surface area contributed by atoms with Gasteiger partial charge in [-0.3, -0.25) is 4.79 Å². The fourth-order valence-electron chi connectivity index (χ4n) is 3.85. The maximum absolute atomic E-state index is 12.3. The third-order valence-corrected chi connectivity index (χ3v) is 5.37. The molecule has 0 aromatic rings. The van der Waals surface area contributed by atoms with Gasteiger partial charge in [0.25, 0.3) is 0 Å². The lowest BCUT2D eigenvalue weighted by Crippen LogP contribution is -2.50. The first-order valence-corrected chi connectivity index (χ1v) is 10.4. The Balaban J connectivity index is 2.90. The fraction of sp³-hybridized carbons (Fsp3) is 0.905. The van der Waals surface area contributed by atoms with E-state index in [1.54, 1.807) is 34.6 Å². The van der Waals surface area contributed by atoms with E-state index in [0.29, 0.717) is 12.3 Å². The fourth-order valence-corrected chi connectivity index (χ4v) is 3.85. The summed E-state index contributed by atoms with van der Waals surface area (Å²) < 4.78 is 5.36. The van der Waals surface area contributed by atoms with Gasteiger partial charge in [0.15, 0.2) is 0 Å². The summed E-state index contributed by atoms with van der Waals surface area (Å²) in [6.07, 6.45) is 4.82. The molecule has 0 aromatic heterocycles. The lowest BCUT2D eigenvalue weighted by atomic mass is 9.80. The molecule has 1 aliphatic carbocycles. The van der Waals surface area contributed by atoms with Crippen LogP contribution in [0.25, 0.3) is 0 Å². The smallest absolute Gasteiger partial charge is 0.407 e. The number of ether oxygens (including phenoxy) is 1. The molecule has 1 aliphatic rings. The molecule has 1 fully saturated rings. The van der Waals surface area contributed by atoms with Crippen LogP contribution in [0.2, 0.25) is 0 Å². The molecule has 0 bridgehead atoms. The van der Waals surface area contributed by atoms with Crippen molar-refractivity contribution in [1.29, 1.82) is 0 Å². The summed E-state index contributed by atoms with van der Waals surface area (Å²) in [6, 6.07) is -0.535. The van der Waals surface area contributed by atoms with Gasteiger partial charge in [-0.05, 0) is 53.4 Å². The van der Waals surface area contributed by atoms with Gasteiger partial charge < -0.3 is 25.6 Å². The van der Waals surface area contributed by atoms with Crippen molar-refractivity contribution in [2.45, 2.75) is 103 Å². The van der Waals surface area contributed by atoms with E-state index in [4.69, 9.17) is 4.74 Å². The zero-order valence-corrected chi connectivity index (χ0v) is 18.4. The van der Waals surface area contributed by atoms with Crippen molar-refractivity contribution < 1.29 is 24.5 Å². The van der Waals surface area contributed by atoms with Crippen LogP contribution in [0.1, 0.15) is 79.6 Å². The predicted octanol–water partition coefficient (Wildman–Crippen LogP) is 2.73. The molecule has 0 radical (unpaired) electrons. The zero-order chi connectivity index (χ0) is 21.5. The molecular formula is C21H40N2O5. The van der Waals surface area contributed by atoms with E-state index < -0.39 is 35.4 Å². The largest absolute Gasteiger partial charge is 0.444 e. The Morgan fingerprint density at radius 3 is 2.14 bits per heavy atom. The van der Waals surface area contributed by atoms with Gasteiger partial charge in [-0.1, -0.05) is 32.1 Å². The van der Waals surface area contributed by atoms with Crippen molar-refractivity contribution >= 4 is 12.0 Å². The van der Waals surface area contributed by atoms with E-state index in [1.165, 1.54) is 13.5 Å². The topological polar surface area (TPSA) is 108 Å². The molecule has 3 atom stereocenters. The van der Waals surface area contributed by atoms with Crippen LogP contribution in [0.3, 0.4) is 0 Å². The van der Waals surface area contributed by atoms with Crippen molar-refractivity contribution in [1.82, 2.24) is 10.6 Å². The number of aliphatic hydroxyl groups excluding tert-OH is 1. The minimum absolute atomic E-state index is 0.0519. The van der Waals surface area contributed by atoms with Gasteiger partial charge in [0, 0.05) is 7.05 Å². The zero-order valence-electron chi connectivity index (χ0n) is 18.4. The lowest BCUT2D eigenvalue weighted by molar-refractivity contribution is -0.134. The Kier molecular flexibility index (Phi) is 9.21. The monoisotopic (exact) mass is 400 g/mol. The summed E-state index contributed by atoms with van der Waals surface area (Å²) >= 11 is 0. The lowest BCUT2D eigenvalue weighted by Gasteiger charge is -2.34. The van der Waals surface area contributed by atoms with Crippen LogP contribution >= 0.6 is 0 Å². The minimum Gasteiger partial charge on any atom is -0.444 e. The molecule has 7 nitrogen and oxygen atoms in total.